The first-order valence-corrected chi connectivity index (χ1v) is 8.74. The summed E-state index contributed by atoms with van der Waals surface area (Å²) in [5.74, 6) is -0.407. The number of hydrogen-bond donors (Lipinski definition) is 0. The quantitative estimate of drug-likeness (QED) is 0.352. The average molecular weight is 385 g/mol. The van der Waals surface area contributed by atoms with Crippen LogP contribution < -0.4 is 4.74 Å². The molecule has 2 aromatic carbocycles. The van der Waals surface area contributed by atoms with Gasteiger partial charge in [-0.05, 0) is 24.3 Å². The SMILES string of the molecule is CN(Cc1nc2ccccc2s1)C(=O)COc1ccc(C=O)cc1[N+](=O)[O-]. The van der Waals surface area contributed by atoms with Gasteiger partial charge >= 0.3 is 5.69 Å². The fourth-order valence-corrected chi connectivity index (χ4v) is 3.42. The molecule has 1 amide bonds. The Morgan fingerprint density at radius 1 is 1.33 bits per heavy atom. The number of likely N-dealkylation sites (N-methyl/N-ethyl adjacent to an activating group) is 1. The van der Waals surface area contributed by atoms with Gasteiger partial charge in [0.1, 0.15) is 11.3 Å². The van der Waals surface area contributed by atoms with Gasteiger partial charge in [-0.1, -0.05) is 12.1 Å². The third-order valence-electron chi connectivity index (χ3n) is 3.80. The summed E-state index contributed by atoms with van der Waals surface area (Å²) in [7, 11) is 1.61. The lowest BCUT2D eigenvalue weighted by molar-refractivity contribution is -0.385. The number of benzene rings is 2. The largest absolute Gasteiger partial charge is 0.477 e. The van der Waals surface area contributed by atoms with E-state index in [4.69, 9.17) is 4.74 Å². The van der Waals surface area contributed by atoms with Gasteiger partial charge in [-0.25, -0.2) is 4.98 Å². The molecule has 0 aliphatic heterocycles. The number of carbonyl (C=O) groups is 2. The van der Waals surface area contributed by atoms with Crippen LogP contribution in [0.5, 0.6) is 5.75 Å². The summed E-state index contributed by atoms with van der Waals surface area (Å²) in [6.07, 6.45) is 0.508. The number of nitrogens with zero attached hydrogens (tertiary/aromatic N) is 3. The Balaban J connectivity index is 1.65. The van der Waals surface area contributed by atoms with Crippen molar-refractivity contribution in [3.8, 4) is 5.75 Å². The molecule has 0 aliphatic carbocycles. The molecule has 3 aromatic rings. The van der Waals surface area contributed by atoms with Crippen molar-refractivity contribution in [3.05, 3.63) is 63.1 Å². The molecule has 0 N–H and O–H groups in total. The van der Waals surface area contributed by atoms with E-state index in [0.717, 1.165) is 21.3 Å². The number of aldehydes is 1. The maximum Gasteiger partial charge on any atom is 0.311 e. The lowest BCUT2D eigenvalue weighted by Gasteiger charge is -2.16. The van der Waals surface area contributed by atoms with Gasteiger partial charge in [0.2, 0.25) is 0 Å². The minimum atomic E-state index is -0.655. The van der Waals surface area contributed by atoms with Gasteiger partial charge in [-0.2, -0.15) is 0 Å². The number of carbonyl (C=O) groups excluding carboxylic acids is 2. The highest BCUT2D eigenvalue weighted by molar-refractivity contribution is 7.18. The average Bonchev–Trinajstić information content (AvgIpc) is 3.07. The normalized spacial score (nSPS) is 10.6. The van der Waals surface area contributed by atoms with Crippen LogP contribution in [0.3, 0.4) is 0 Å². The number of amides is 1. The van der Waals surface area contributed by atoms with Crippen molar-refractivity contribution in [2.24, 2.45) is 0 Å². The molecular formula is C18H15N3O5S. The molecule has 9 heteroatoms. The maximum absolute atomic E-state index is 12.3. The van der Waals surface area contributed by atoms with Crippen LogP contribution >= 0.6 is 11.3 Å². The van der Waals surface area contributed by atoms with Crippen molar-refractivity contribution < 1.29 is 19.2 Å². The summed E-state index contributed by atoms with van der Waals surface area (Å²) < 4.78 is 6.35. The fourth-order valence-electron chi connectivity index (χ4n) is 2.40. The van der Waals surface area contributed by atoms with Crippen molar-refractivity contribution in [1.29, 1.82) is 0 Å². The monoisotopic (exact) mass is 385 g/mol. The molecule has 0 bridgehead atoms. The minimum absolute atomic E-state index is 0.0627. The molecule has 0 fully saturated rings. The zero-order chi connectivity index (χ0) is 19.4. The van der Waals surface area contributed by atoms with Gasteiger partial charge in [0.15, 0.2) is 12.4 Å². The molecule has 0 saturated carbocycles. The third-order valence-corrected chi connectivity index (χ3v) is 4.82. The number of nitro benzene ring substituents is 1. The first kappa shape index (κ1) is 18.5. The predicted molar refractivity (Wildman–Crippen MR) is 100 cm³/mol. The lowest BCUT2D eigenvalue weighted by Crippen LogP contribution is -2.31. The van der Waals surface area contributed by atoms with Crippen molar-refractivity contribution in [2.75, 3.05) is 13.7 Å². The summed E-state index contributed by atoms with van der Waals surface area (Å²) in [4.78, 5) is 39.4. The topological polar surface area (TPSA) is 103 Å². The molecule has 8 nitrogen and oxygen atoms in total. The van der Waals surface area contributed by atoms with Crippen LogP contribution in [-0.4, -0.2) is 40.7 Å². The predicted octanol–water partition coefficient (Wildman–Crippen LogP) is 3.05. The van der Waals surface area contributed by atoms with E-state index in [1.165, 1.54) is 28.4 Å². The summed E-state index contributed by atoms with van der Waals surface area (Å²) in [5.41, 5.74) is 0.676. The zero-order valence-electron chi connectivity index (χ0n) is 14.3. The van der Waals surface area contributed by atoms with Crippen molar-refractivity contribution in [1.82, 2.24) is 9.88 Å². The molecule has 0 atom stereocenters. The number of ether oxygens (including phenoxy) is 1. The smallest absolute Gasteiger partial charge is 0.311 e. The second-order valence-electron chi connectivity index (χ2n) is 5.72. The number of rotatable bonds is 7. The number of para-hydroxylation sites is 1. The van der Waals surface area contributed by atoms with E-state index in [1.807, 2.05) is 24.3 Å². The first-order valence-electron chi connectivity index (χ1n) is 7.93. The van der Waals surface area contributed by atoms with E-state index in [1.54, 1.807) is 7.05 Å². The van der Waals surface area contributed by atoms with E-state index in [9.17, 15) is 19.7 Å². The van der Waals surface area contributed by atoms with E-state index in [0.29, 0.717) is 12.8 Å². The number of aromatic nitrogens is 1. The molecule has 1 aromatic heterocycles. The lowest BCUT2D eigenvalue weighted by atomic mass is 10.2. The van der Waals surface area contributed by atoms with Crippen LogP contribution in [0.2, 0.25) is 0 Å². The van der Waals surface area contributed by atoms with E-state index in [2.05, 4.69) is 4.98 Å². The molecule has 0 spiro atoms. The minimum Gasteiger partial charge on any atom is -0.477 e. The van der Waals surface area contributed by atoms with Gasteiger partial charge in [0, 0.05) is 18.7 Å². The Morgan fingerprint density at radius 2 is 2.11 bits per heavy atom. The molecule has 27 heavy (non-hydrogen) atoms. The summed E-state index contributed by atoms with van der Waals surface area (Å²) in [6.45, 7) is -0.0453. The van der Waals surface area contributed by atoms with Crippen LogP contribution in [0.1, 0.15) is 15.4 Å². The number of hydrogen-bond acceptors (Lipinski definition) is 7. The fraction of sp³-hybridized carbons (Fsp3) is 0.167. The van der Waals surface area contributed by atoms with E-state index < -0.39 is 4.92 Å². The van der Waals surface area contributed by atoms with Gasteiger partial charge in [0.25, 0.3) is 5.91 Å². The number of fused-ring (bicyclic) bond motifs is 1. The zero-order valence-corrected chi connectivity index (χ0v) is 15.1. The van der Waals surface area contributed by atoms with Crippen LogP contribution in [-0.2, 0) is 11.3 Å². The molecule has 3 rings (SSSR count). The van der Waals surface area contributed by atoms with E-state index >= 15 is 0 Å². The van der Waals surface area contributed by atoms with Crippen LogP contribution in [0.4, 0.5) is 5.69 Å². The standard InChI is InChI=1S/C18H15N3O5S/c1-20(9-17-19-13-4-2-3-5-16(13)27-17)18(23)11-26-15-7-6-12(10-22)8-14(15)21(24)25/h2-8,10H,9,11H2,1H3. The van der Waals surface area contributed by atoms with Crippen LogP contribution in [0, 0.1) is 10.1 Å². The van der Waals surface area contributed by atoms with Crippen molar-refractivity contribution in [2.45, 2.75) is 6.54 Å². The number of nitro groups is 1. The van der Waals surface area contributed by atoms with Crippen molar-refractivity contribution in [3.63, 3.8) is 0 Å². The third kappa shape index (κ3) is 4.26. The van der Waals surface area contributed by atoms with E-state index in [-0.39, 0.29) is 29.5 Å². The molecule has 0 aliphatic rings. The van der Waals surface area contributed by atoms with Crippen LogP contribution in [0.25, 0.3) is 10.2 Å². The highest BCUT2D eigenvalue weighted by Gasteiger charge is 2.19. The molecule has 0 radical (unpaired) electrons. The summed E-state index contributed by atoms with van der Waals surface area (Å²) >= 11 is 1.50. The molecule has 138 valence electrons. The Hall–Kier alpha value is -3.33. The summed E-state index contributed by atoms with van der Waals surface area (Å²) in [6, 6.07) is 11.5. The van der Waals surface area contributed by atoms with Gasteiger partial charge in [-0.15, -0.1) is 11.3 Å². The Bertz CT molecular complexity index is 984. The summed E-state index contributed by atoms with van der Waals surface area (Å²) in [5, 5.41) is 11.9. The molecular weight excluding hydrogens is 370 g/mol. The second-order valence-corrected chi connectivity index (χ2v) is 6.83. The van der Waals surface area contributed by atoms with Gasteiger partial charge in [-0.3, -0.25) is 19.7 Å². The molecule has 0 saturated heterocycles. The Labute approximate surface area is 158 Å². The molecule has 0 unspecified atom stereocenters. The first-order chi connectivity index (χ1) is 13.0. The maximum atomic E-state index is 12.3. The van der Waals surface area contributed by atoms with Gasteiger partial charge < -0.3 is 9.64 Å². The Kier molecular flexibility index (Phi) is 5.41. The Morgan fingerprint density at radius 3 is 2.81 bits per heavy atom. The molecule has 1 heterocycles. The second kappa shape index (κ2) is 7.92. The highest BCUT2D eigenvalue weighted by Crippen LogP contribution is 2.27. The number of thiazole rings is 1. The van der Waals surface area contributed by atoms with Crippen LogP contribution in [0.15, 0.2) is 42.5 Å². The van der Waals surface area contributed by atoms with Gasteiger partial charge in [0.05, 0.1) is 21.7 Å². The van der Waals surface area contributed by atoms with Crippen molar-refractivity contribution >= 4 is 39.4 Å². The highest BCUT2D eigenvalue weighted by atomic mass is 32.1.